The third-order valence-electron chi connectivity index (χ3n) is 4.33. The van der Waals surface area contributed by atoms with Crippen LogP contribution in [0.3, 0.4) is 0 Å². The first kappa shape index (κ1) is 13.6. The molecule has 1 atom stereocenters. The molecule has 4 heteroatoms. The fourth-order valence-electron chi connectivity index (χ4n) is 2.71. The van der Waals surface area contributed by atoms with E-state index in [0.29, 0.717) is 4.90 Å². The maximum absolute atomic E-state index is 11.7. The highest BCUT2D eigenvalue weighted by Crippen LogP contribution is 2.63. The second-order valence-corrected chi connectivity index (χ2v) is 8.01. The standard InChI is InChI=1S/C14H20O3S/c1-4-18(16,17)12-7-5-11(6-8-12)14(10-15)9-13(14,2)3/h5-8,15H,4,9-10H2,1-3H3. The van der Waals surface area contributed by atoms with Crippen molar-refractivity contribution in [1.82, 2.24) is 0 Å². The van der Waals surface area contributed by atoms with Gasteiger partial charge < -0.3 is 5.11 Å². The molecule has 0 aromatic heterocycles. The summed E-state index contributed by atoms with van der Waals surface area (Å²) in [5, 5.41) is 9.60. The van der Waals surface area contributed by atoms with Gasteiger partial charge >= 0.3 is 0 Å². The maximum Gasteiger partial charge on any atom is 0.178 e. The lowest BCUT2D eigenvalue weighted by atomic mass is 9.89. The van der Waals surface area contributed by atoms with Gasteiger partial charge in [0.05, 0.1) is 17.3 Å². The highest BCUT2D eigenvalue weighted by molar-refractivity contribution is 7.91. The summed E-state index contributed by atoms with van der Waals surface area (Å²) in [6.07, 6.45) is 0.941. The Morgan fingerprint density at radius 1 is 1.22 bits per heavy atom. The van der Waals surface area contributed by atoms with Crippen LogP contribution in [-0.2, 0) is 15.3 Å². The maximum atomic E-state index is 11.7. The first-order valence-electron chi connectivity index (χ1n) is 6.23. The molecule has 1 unspecified atom stereocenters. The Morgan fingerprint density at radius 3 is 2.06 bits per heavy atom. The second-order valence-electron chi connectivity index (χ2n) is 5.73. The predicted molar refractivity (Wildman–Crippen MR) is 71.3 cm³/mol. The molecule has 0 saturated heterocycles. The molecule has 0 spiro atoms. The van der Waals surface area contributed by atoms with Crippen LogP contribution in [0, 0.1) is 5.41 Å². The van der Waals surface area contributed by atoms with Gasteiger partial charge in [-0.1, -0.05) is 32.9 Å². The smallest absolute Gasteiger partial charge is 0.178 e. The molecule has 0 heterocycles. The Bertz CT molecular complexity index is 543. The topological polar surface area (TPSA) is 54.4 Å². The largest absolute Gasteiger partial charge is 0.395 e. The van der Waals surface area contributed by atoms with Crippen molar-refractivity contribution in [3.05, 3.63) is 29.8 Å². The molecule has 1 aromatic rings. The molecule has 1 aliphatic carbocycles. The zero-order chi connectivity index (χ0) is 13.6. The number of aliphatic hydroxyl groups excluding tert-OH is 1. The summed E-state index contributed by atoms with van der Waals surface area (Å²) in [7, 11) is -3.14. The van der Waals surface area contributed by atoms with E-state index in [9.17, 15) is 13.5 Å². The van der Waals surface area contributed by atoms with Crippen molar-refractivity contribution in [2.75, 3.05) is 12.4 Å². The third-order valence-corrected chi connectivity index (χ3v) is 6.08. The Labute approximate surface area is 109 Å². The zero-order valence-electron chi connectivity index (χ0n) is 11.1. The minimum atomic E-state index is -3.14. The lowest BCUT2D eigenvalue weighted by Crippen LogP contribution is -2.19. The molecule has 1 N–H and O–H groups in total. The third kappa shape index (κ3) is 1.88. The summed E-state index contributed by atoms with van der Waals surface area (Å²) in [5.41, 5.74) is 0.930. The average molecular weight is 268 g/mol. The van der Waals surface area contributed by atoms with E-state index in [4.69, 9.17) is 0 Å². The van der Waals surface area contributed by atoms with Crippen LogP contribution in [0.15, 0.2) is 29.2 Å². The fourth-order valence-corrected chi connectivity index (χ4v) is 3.60. The van der Waals surface area contributed by atoms with Gasteiger partial charge in [0.25, 0.3) is 0 Å². The van der Waals surface area contributed by atoms with Crippen molar-refractivity contribution in [2.45, 2.75) is 37.5 Å². The van der Waals surface area contributed by atoms with Gasteiger partial charge in [-0.05, 0) is 29.5 Å². The number of sulfone groups is 1. The molecule has 3 nitrogen and oxygen atoms in total. The highest BCUT2D eigenvalue weighted by atomic mass is 32.2. The Morgan fingerprint density at radius 2 is 1.72 bits per heavy atom. The van der Waals surface area contributed by atoms with E-state index in [2.05, 4.69) is 13.8 Å². The van der Waals surface area contributed by atoms with Gasteiger partial charge in [0, 0.05) is 5.41 Å². The van der Waals surface area contributed by atoms with E-state index in [1.54, 1.807) is 19.1 Å². The summed E-state index contributed by atoms with van der Waals surface area (Å²) in [4.78, 5) is 0.361. The molecule has 2 rings (SSSR count). The number of benzene rings is 1. The van der Waals surface area contributed by atoms with Gasteiger partial charge in [0.2, 0.25) is 0 Å². The first-order chi connectivity index (χ1) is 8.29. The molecule has 1 aromatic carbocycles. The molecular formula is C14H20O3S. The molecule has 1 aliphatic rings. The summed E-state index contributed by atoms with van der Waals surface area (Å²) in [6, 6.07) is 6.99. The number of hydrogen-bond acceptors (Lipinski definition) is 3. The number of rotatable bonds is 4. The van der Waals surface area contributed by atoms with Crippen LogP contribution in [0.25, 0.3) is 0 Å². The van der Waals surface area contributed by atoms with E-state index in [1.807, 2.05) is 12.1 Å². The quantitative estimate of drug-likeness (QED) is 0.910. The van der Waals surface area contributed by atoms with Crippen molar-refractivity contribution < 1.29 is 13.5 Å². The predicted octanol–water partition coefficient (Wildman–Crippen LogP) is 2.14. The molecule has 0 amide bonds. The number of aliphatic hydroxyl groups is 1. The minimum absolute atomic E-state index is 0.0902. The normalized spacial score (nSPS) is 26.0. The molecule has 18 heavy (non-hydrogen) atoms. The lowest BCUT2D eigenvalue weighted by molar-refractivity contribution is 0.231. The van der Waals surface area contributed by atoms with E-state index in [0.717, 1.165) is 12.0 Å². The van der Waals surface area contributed by atoms with E-state index >= 15 is 0 Å². The van der Waals surface area contributed by atoms with Crippen LogP contribution in [0.2, 0.25) is 0 Å². The summed E-state index contributed by atoms with van der Waals surface area (Å²) >= 11 is 0. The van der Waals surface area contributed by atoms with Gasteiger partial charge in [-0.15, -0.1) is 0 Å². The first-order valence-corrected chi connectivity index (χ1v) is 7.88. The van der Waals surface area contributed by atoms with Crippen molar-refractivity contribution in [1.29, 1.82) is 0 Å². The summed E-state index contributed by atoms with van der Waals surface area (Å²) in [5.74, 6) is 0.114. The van der Waals surface area contributed by atoms with Gasteiger partial charge in [0.15, 0.2) is 9.84 Å². The van der Waals surface area contributed by atoms with Gasteiger partial charge in [0.1, 0.15) is 0 Å². The van der Waals surface area contributed by atoms with Crippen LogP contribution >= 0.6 is 0 Å². The fraction of sp³-hybridized carbons (Fsp3) is 0.571. The molecule has 0 aliphatic heterocycles. The van der Waals surface area contributed by atoms with Gasteiger partial charge in [-0.3, -0.25) is 0 Å². The van der Waals surface area contributed by atoms with Crippen LogP contribution in [0.5, 0.6) is 0 Å². The van der Waals surface area contributed by atoms with Crippen molar-refractivity contribution in [2.24, 2.45) is 5.41 Å². The van der Waals surface area contributed by atoms with Crippen molar-refractivity contribution in [3.63, 3.8) is 0 Å². The molecule has 100 valence electrons. The highest BCUT2D eigenvalue weighted by Gasteiger charge is 2.61. The summed E-state index contributed by atoms with van der Waals surface area (Å²) < 4.78 is 23.5. The Hall–Kier alpha value is -0.870. The number of hydrogen-bond donors (Lipinski definition) is 1. The van der Waals surface area contributed by atoms with E-state index in [1.165, 1.54) is 0 Å². The van der Waals surface area contributed by atoms with Crippen LogP contribution in [0.1, 0.15) is 32.8 Å². The summed E-state index contributed by atoms with van der Waals surface area (Å²) in [6.45, 7) is 6.00. The molecule has 0 bridgehead atoms. The molecule has 0 radical (unpaired) electrons. The van der Waals surface area contributed by atoms with Gasteiger partial charge in [-0.25, -0.2) is 8.42 Å². The SMILES string of the molecule is CCS(=O)(=O)c1ccc(C2(CO)CC2(C)C)cc1. The monoisotopic (exact) mass is 268 g/mol. The van der Waals surface area contributed by atoms with E-state index in [-0.39, 0.29) is 23.2 Å². The second kappa shape index (κ2) is 4.07. The molecule has 1 fully saturated rings. The zero-order valence-corrected chi connectivity index (χ0v) is 11.9. The minimum Gasteiger partial charge on any atom is -0.395 e. The van der Waals surface area contributed by atoms with Crippen LogP contribution in [-0.4, -0.2) is 25.9 Å². The Kier molecular flexibility index (Phi) is 3.06. The van der Waals surface area contributed by atoms with Crippen LogP contribution < -0.4 is 0 Å². The van der Waals surface area contributed by atoms with Crippen molar-refractivity contribution >= 4 is 9.84 Å². The van der Waals surface area contributed by atoms with E-state index < -0.39 is 9.84 Å². The van der Waals surface area contributed by atoms with Crippen LogP contribution in [0.4, 0.5) is 0 Å². The Balaban J connectivity index is 2.35. The van der Waals surface area contributed by atoms with Crippen molar-refractivity contribution in [3.8, 4) is 0 Å². The molecular weight excluding hydrogens is 248 g/mol. The average Bonchev–Trinajstić information content (AvgIpc) is 2.93. The van der Waals surface area contributed by atoms with Gasteiger partial charge in [-0.2, -0.15) is 0 Å². The lowest BCUT2D eigenvalue weighted by Gasteiger charge is -2.18. The molecule has 1 saturated carbocycles.